The Balaban J connectivity index is 1.34. The molecule has 4 rings (SSSR count). The number of rotatable bonds is 6. The van der Waals surface area contributed by atoms with Gasteiger partial charge in [0, 0.05) is 17.2 Å². The lowest BCUT2D eigenvalue weighted by atomic mass is 9.76. The van der Waals surface area contributed by atoms with E-state index in [4.69, 9.17) is 0 Å². The molecule has 1 fully saturated rings. The minimum atomic E-state index is -1.03. The fraction of sp³-hybridized carbons (Fsp3) is 0.348. The van der Waals surface area contributed by atoms with Crippen molar-refractivity contribution in [3.63, 3.8) is 0 Å². The Labute approximate surface area is 180 Å². The van der Waals surface area contributed by atoms with Crippen LogP contribution in [0, 0.1) is 6.92 Å². The van der Waals surface area contributed by atoms with Crippen LogP contribution in [0.1, 0.15) is 29.5 Å². The maximum absolute atomic E-state index is 13.2. The van der Waals surface area contributed by atoms with E-state index >= 15 is 0 Å². The largest absolute Gasteiger partial charge is 0.354 e. The van der Waals surface area contributed by atoms with E-state index < -0.39 is 11.6 Å². The lowest BCUT2D eigenvalue weighted by molar-refractivity contribution is -0.135. The fourth-order valence-electron chi connectivity index (χ4n) is 4.15. The third-order valence-electron chi connectivity index (χ3n) is 5.67. The summed E-state index contributed by atoms with van der Waals surface area (Å²) in [7, 11) is 0. The van der Waals surface area contributed by atoms with Crippen LogP contribution in [0.3, 0.4) is 0 Å². The second kappa shape index (κ2) is 8.52. The highest BCUT2D eigenvalue weighted by Crippen LogP contribution is 2.39. The Bertz CT molecular complexity index is 976. The van der Waals surface area contributed by atoms with Crippen molar-refractivity contribution in [3.8, 4) is 0 Å². The van der Waals surface area contributed by atoms with Crippen LogP contribution in [0.25, 0.3) is 0 Å². The van der Waals surface area contributed by atoms with Gasteiger partial charge in [-0.05, 0) is 49.4 Å². The molecule has 1 aliphatic heterocycles. The molecule has 2 aliphatic rings. The summed E-state index contributed by atoms with van der Waals surface area (Å²) in [6.07, 6.45) is 2.26. The molecular weight excluding hydrogens is 398 g/mol. The smallest absolute Gasteiger partial charge is 0.325 e. The number of thioether (sulfide) groups is 1. The predicted octanol–water partition coefficient (Wildman–Crippen LogP) is 2.99. The van der Waals surface area contributed by atoms with E-state index in [1.54, 1.807) is 11.8 Å². The summed E-state index contributed by atoms with van der Waals surface area (Å²) in [6.45, 7) is 2.25. The van der Waals surface area contributed by atoms with E-state index in [0.717, 1.165) is 33.8 Å². The molecule has 4 amide bonds. The van der Waals surface area contributed by atoms with Gasteiger partial charge in [-0.1, -0.05) is 42.0 Å². The lowest BCUT2D eigenvalue weighted by Crippen LogP contribution is -2.47. The summed E-state index contributed by atoms with van der Waals surface area (Å²) in [5.74, 6) is 0.0553. The molecule has 2 aromatic carbocycles. The molecule has 1 saturated heterocycles. The number of aryl methyl sites for hydroxylation is 2. The maximum Gasteiger partial charge on any atom is 0.325 e. The molecule has 0 unspecified atom stereocenters. The van der Waals surface area contributed by atoms with E-state index in [2.05, 4.69) is 34.9 Å². The summed E-state index contributed by atoms with van der Waals surface area (Å²) in [6, 6.07) is 15.4. The quantitative estimate of drug-likeness (QED) is 0.425. The molecular formula is C23H25N3O3S. The van der Waals surface area contributed by atoms with Crippen molar-refractivity contribution >= 4 is 29.6 Å². The van der Waals surface area contributed by atoms with Crippen molar-refractivity contribution in [3.05, 3.63) is 65.2 Å². The molecule has 1 heterocycles. The maximum atomic E-state index is 13.2. The lowest BCUT2D eigenvalue weighted by Gasteiger charge is -2.33. The van der Waals surface area contributed by atoms with Gasteiger partial charge < -0.3 is 10.6 Å². The first-order valence-electron chi connectivity index (χ1n) is 10.2. The van der Waals surface area contributed by atoms with Gasteiger partial charge in [0.1, 0.15) is 12.1 Å². The summed E-state index contributed by atoms with van der Waals surface area (Å²) >= 11 is 1.65. The molecule has 1 atom stereocenters. The Hall–Kier alpha value is -2.80. The minimum absolute atomic E-state index is 0.260. The van der Waals surface area contributed by atoms with Crippen molar-refractivity contribution < 1.29 is 14.4 Å². The highest BCUT2D eigenvalue weighted by Gasteiger charge is 2.54. The highest BCUT2D eigenvalue weighted by atomic mass is 32.2. The number of amides is 4. The summed E-state index contributed by atoms with van der Waals surface area (Å²) in [5.41, 5.74) is 2.11. The molecule has 0 saturated carbocycles. The average molecular weight is 424 g/mol. The number of nitrogens with one attached hydrogen (secondary N) is 2. The second-order valence-electron chi connectivity index (χ2n) is 7.75. The van der Waals surface area contributed by atoms with Crippen LogP contribution in [0.2, 0.25) is 0 Å². The fourth-order valence-corrected chi connectivity index (χ4v) is 4.92. The van der Waals surface area contributed by atoms with Crippen LogP contribution >= 0.6 is 11.8 Å². The molecule has 0 aromatic heterocycles. The molecule has 0 bridgehead atoms. The van der Waals surface area contributed by atoms with Crippen molar-refractivity contribution in [1.82, 2.24) is 15.5 Å². The van der Waals surface area contributed by atoms with Crippen LogP contribution in [0.5, 0.6) is 0 Å². The van der Waals surface area contributed by atoms with Crippen molar-refractivity contribution in [2.45, 2.75) is 36.6 Å². The number of hydrogen-bond acceptors (Lipinski definition) is 4. The number of urea groups is 1. The Kier molecular flexibility index (Phi) is 5.81. The summed E-state index contributed by atoms with van der Waals surface area (Å²) in [5, 5.41) is 5.69. The third-order valence-corrected chi connectivity index (χ3v) is 6.68. The van der Waals surface area contributed by atoms with Crippen LogP contribution in [0.4, 0.5) is 4.79 Å². The van der Waals surface area contributed by atoms with Gasteiger partial charge in [0.15, 0.2) is 0 Å². The van der Waals surface area contributed by atoms with Crippen LogP contribution in [-0.4, -0.2) is 41.6 Å². The topological polar surface area (TPSA) is 78.5 Å². The molecule has 2 aromatic rings. The van der Waals surface area contributed by atoms with Crippen LogP contribution < -0.4 is 10.6 Å². The summed E-state index contributed by atoms with van der Waals surface area (Å²) < 4.78 is 0. The highest BCUT2D eigenvalue weighted by molar-refractivity contribution is 7.99. The van der Waals surface area contributed by atoms with Gasteiger partial charge >= 0.3 is 6.03 Å². The van der Waals surface area contributed by atoms with Crippen LogP contribution in [-0.2, 0) is 21.5 Å². The monoisotopic (exact) mass is 423 g/mol. The second-order valence-corrected chi connectivity index (χ2v) is 8.92. The van der Waals surface area contributed by atoms with Crippen molar-refractivity contribution in [2.75, 3.05) is 18.8 Å². The molecule has 1 spiro atoms. The van der Waals surface area contributed by atoms with Gasteiger partial charge in [-0.25, -0.2) is 4.79 Å². The zero-order chi connectivity index (χ0) is 21.1. The minimum Gasteiger partial charge on any atom is -0.354 e. The number of hydrogen-bond donors (Lipinski definition) is 2. The van der Waals surface area contributed by atoms with Gasteiger partial charge in [-0.2, -0.15) is 0 Å². The molecule has 156 valence electrons. The van der Waals surface area contributed by atoms with Crippen LogP contribution in [0.15, 0.2) is 53.4 Å². The normalized spacial score (nSPS) is 20.2. The number of imide groups is 1. The first kappa shape index (κ1) is 20.5. The van der Waals surface area contributed by atoms with Gasteiger partial charge in [0.05, 0.1) is 0 Å². The number of nitrogens with zero attached hydrogens (tertiary/aromatic N) is 1. The number of carbonyl (C=O) groups excluding carboxylic acids is 3. The average Bonchev–Trinajstić information content (AvgIpc) is 2.97. The van der Waals surface area contributed by atoms with Gasteiger partial charge in [0.25, 0.3) is 5.91 Å². The van der Waals surface area contributed by atoms with E-state index in [-0.39, 0.29) is 18.4 Å². The number of fused-ring (bicyclic) bond motifs is 2. The van der Waals surface area contributed by atoms with Crippen molar-refractivity contribution in [1.29, 1.82) is 0 Å². The van der Waals surface area contributed by atoms with E-state index in [0.29, 0.717) is 18.7 Å². The zero-order valence-electron chi connectivity index (χ0n) is 16.9. The third kappa shape index (κ3) is 3.94. The molecule has 1 aliphatic carbocycles. The van der Waals surface area contributed by atoms with Gasteiger partial charge in [-0.3, -0.25) is 14.5 Å². The number of benzene rings is 2. The Morgan fingerprint density at radius 1 is 1.17 bits per heavy atom. The first-order chi connectivity index (χ1) is 14.5. The predicted molar refractivity (Wildman–Crippen MR) is 116 cm³/mol. The molecule has 7 heteroatoms. The van der Waals surface area contributed by atoms with Gasteiger partial charge in [-0.15, -0.1) is 11.8 Å². The molecule has 6 nitrogen and oxygen atoms in total. The molecule has 2 N–H and O–H groups in total. The van der Waals surface area contributed by atoms with Gasteiger partial charge in [0.2, 0.25) is 5.91 Å². The van der Waals surface area contributed by atoms with E-state index in [1.807, 2.05) is 31.2 Å². The van der Waals surface area contributed by atoms with E-state index in [9.17, 15) is 14.4 Å². The Morgan fingerprint density at radius 2 is 1.93 bits per heavy atom. The zero-order valence-corrected chi connectivity index (χ0v) is 17.8. The number of carbonyl (C=O) groups is 3. The molecule has 30 heavy (non-hydrogen) atoms. The Morgan fingerprint density at radius 3 is 2.73 bits per heavy atom. The summed E-state index contributed by atoms with van der Waals surface area (Å²) in [4.78, 5) is 40.3. The van der Waals surface area contributed by atoms with E-state index in [1.165, 1.54) is 5.56 Å². The molecule has 0 radical (unpaired) electrons. The SMILES string of the molecule is Cc1ccc(SCCNC(=O)CN2C(=O)N[C@@]3(CCCc4ccccc43)C2=O)cc1. The van der Waals surface area contributed by atoms with Crippen molar-refractivity contribution in [2.24, 2.45) is 0 Å². The first-order valence-corrected chi connectivity index (χ1v) is 11.2. The standard InChI is InChI=1S/C23H25N3O3S/c1-16-8-10-18(11-9-16)30-14-13-24-20(27)15-26-21(28)23(25-22(26)29)12-4-6-17-5-2-3-7-19(17)23/h2-3,5,7-11H,4,6,12-15H2,1H3,(H,24,27)(H,25,29)/t23-/m1/s1.